The predicted molar refractivity (Wildman–Crippen MR) is 59.8 cm³/mol. The summed E-state index contributed by atoms with van der Waals surface area (Å²) in [5.74, 6) is 1.28. The van der Waals surface area contributed by atoms with Crippen LogP contribution in [0.2, 0.25) is 0 Å². The summed E-state index contributed by atoms with van der Waals surface area (Å²) in [7, 11) is 1.68. The average molecular weight is 220 g/mol. The van der Waals surface area contributed by atoms with Gasteiger partial charge in [-0.3, -0.25) is 0 Å². The molecule has 2 heterocycles. The lowest BCUT2D eigenvalue weighted by Gasteiger charge is -2.16. The molecule has 0 amide bonds. The minimum absolute atomic E-state index is 0.258. The number of hydrogen-bond acceptors (Lipinski definition) is 3. The van der Waals surface area contributed by atoms with Crippen LogP contribution in [0.5, 0.6) is 5.75 Å². The maximum absolute atomic E-state index is 5.74. The second-order valence-electron chi connectivity index (χ2n) is 4.38. The molecule has 16 heavy (non-hydrogen) atoms. The van der Waals surface area contributed by atoms with Gasteiger partial charge in [-0.1, -0.05) is 12.1 Å². The van der Waals surface area contributed by atoms with E-state index in [1.165, 1.54) is 5.56 Å². The Hall–Kier alpha value is -1.06. The van der Waals surface area contributed by atoms with Crippen molar-refractivity contribution in [3.63, 3.8) is 0 Å². The van der Waals surface area contributed by atoms with E-state index >= 15 is 0 Å². The number of ether oxygens (including phenoxy) is 3. The molecule has 3 atom stereocenters. The Balaban J connectivity index is 1.81. The molecule has 1 aromatic carbocycles. The first-order valence-corrected chi connectivity index (χ1v) is 5.75. The standard InChI is InChI=1S/C13H16O3/c1-14-10-4-2-9(3-5-10)11-8-16-12-6-7-15-13(11)12/h2-5,11-13H,6-8H2,1H3/t11?,12-,13-/m1/s1. The lowest BCUT2D eigenvalue weighted by Crippen LogP contribution is -2.20. The van der Waals surface area contributed by atoms with E-state index in [9.17, 15) is 0 Å². The van der Waals surface area contributed by atoms with Crippen molar-refractivity contribution in [2.75, 3.05) is 20.3 Å². The van der Waals surface area contributed by atoms with E-state index in [-0.39, 0.29) is 6.10 Å². The monoisotopic (exact) mass is 220 g/mol. The number of methoxy groups -OCH3 is 1. The fourth-order valence-corrected chi connectivity index (χ4v) is 2.60. The average Bonchev–Trinajstić information content (AvgIpc) is 2.91. The largest absolute Gasteiger partial charge is 0.497 e. The molecular weight excluding hydrogens is 204 g/mol. The highest BCUT2D eigenvalue weighted by Gasteiger charge is 2.42. The Morgan fingerprint density at radius 3 is 2.75 bits per heavy atom. The van der Waals surface area contributed by atoms with Crippen LogP contribution in [-0.2, 0) is 9.47 Å². The summed E-state index contributed by atoms with van der Waals surface area (Å²) in [6, 6.07) is 8.21. The molecule has 3 rings (SSSR count). The van der Waals surface area contributed by atoms with Crippen LogP contribution in [0, 0.1) is 0 Å². The molecule has 0 N–H and O–H groups in total. The molecule has 0 radical (unpaired) electrons. The van der Waals surface area contributed by atoms with Crippen LogP contribution in [0.3, 0.4) is 0 Å². The van der Waals surface area contributed by atoms with Crippen LogP contribution in [0.15, 0.2) is 24.3 Å². The van der Waals surface area contributed by atoms with E-state index in [1.807, 2.05) is 12.1 Å². The van der Waals surface area contributed by atoms with Gasteiger partial charge in [-0.25, -0.2) is 0 Å². The third-order valence-corrected chi connectivity index (χ3v) is 3.51. The lowest BCUT2D eigenvalue weighted by molar-refractivity contribution is 0.0705. The molecule has 2 aliphatic rings. The molecule has 86 valence electrons. The molecule has 0 bridgehead atoms. The van der Waals surface area contributed by atoms with Crippen molar-refractivity contribution in [2.45, 2.75) is 24.5 Å². The Bertz CT molecular complexity index is 360. The molecule has 0 aliphatic carbocycles. The Kier molecular flexibility index (Phi) is 2.58. The molecule has 1 unspecified atom stereocenters. The van der Waals surface area contributed by atoms with Gasteiger partial charge in [0.05, 0.1) is 25.9 Å². The number of hydrogen-bond donors (Lipinski definition) is 0. The normalized spacial score (nSPS) is 32.7. The summed E-state index contributed by atoms with van der Waals surface area (Å²) >= 11 is 0. The minimum Gasteiger partial charge on any atom is -0.497 e. The zero-order chi connectivity index (χ0) is 11.0. The maximum Gasteiger partial charge on any atom is 0.118 e. The Labute approximate surface area is 95.3 Å². The van der Waals surface area contributed by atoms with Gasteiger partial charge < -0.3 is 14.2 Å². The molecule has 2 saturated heterocycles. The fraction of sp³-hybridized carbons (Fsp3) is 0.538. The minimum atomic E-state index is 0.258. The zero-order valence-electron chi connectivity index (χ0n) is 9.39. The predicted octanol–water partition coefficient (Wildman–Crippen LogP) is 1.97. The summed E-state index contributed by atoms with van der Waals surface area (Å²) in [6.45, 7) is 1.61. The third kappa shape index (κ3) is 1.60. The highest BCUT2D eigenvalue weighted by atomic mass is 16.6. The molecule has 1 aromatic rings. The van der Waals surface area contributed by atoms with E-state index in [0.717, 1.165) is 25.4 Å². The van der Waals surface area contributed by atoms with Gasteiger partial charge in [-0.05, 0) is 24.1 Å². The van der Waals surface area contributed by atoms with E-state index in [2.05, 4.69) is 12.1 Å². The molecule has 0 saturated carbocycles. The second kappa shape index (κ2) is 4.07. The van der Waals surface area contributed by atoms with Crippen LogP contribution in [0.1, 0.15) is 17.9 Å². The highest BCUT2D eigenvalue weighted by Crippen LogP contribution is 2.37. The third-order valence-electron chi connectivity index (χ3n) is 3.51. The van der Waals surface area contributed by atoms with Crippen molar-refractivity contribution >= 4 is 0 Å². The Morgan fingerprint density at radius 1 is 1.19 bits per heavy atom. The number of benzene rings is 1. The number of fused-ring (bicyclic) bond motifs is 1. The SMILES string of the molecule is COc1ccc(C2CO[C@@H]3CCO[C@H]23)cc1. The zero-order valence-corrected chi connectivity index (χ0v) is 9.39. The van der Waals surface area contributed by atoms with Crippen molar-refractivity contribution in [1.82, 2.24) is 0 Å². The van der Waals surface area contributed by atoms with Crippen molar-refractivity contribution in [2.24, 2.45) is 0 Å². The summed E-state index contributed by atoms with van der Waals surface area (Å²) in [5, 5.41) is 0. The lowest BCUT2D eigenvalue weighted by atomic mass is 9.94. The fourth-order valence-electron chi connectivity index (χ4n) is 2.60. The molecule has 0 spiro atoms. The van der Waals surface area contributed by atoms with Gasteiger partial charge in [0.2, 0.25) is 0 Å². The van der Waals surface area contributed by atoms with Gasteiger partial charge in [0.25, 0.3) is 0 Å². The summed E-state index contributed by atoms with van der Waals surface area (Å²) in [6.07, 6.45) is 1.61. The number of rotatable bonds is 2. The molecule has 3 nitrogen and oxygen atoms in total. The second-order valence-corrected chi connectivity index (χ2v) is 4.38. The van der Waals surface area contributed by atoms with Crippen molar-refractivity contribution in [3.05, 3.63) is 29.8 Å². The highest BCUT2D eigenvalue weighted by molar-refractivity contribution is 5.31. The van der Waals surface area contributed by atoms with Crippen LogP contribution in [0.25, 0.3) is 0 Å². The summed E-state index contributed by atoms with van der Waals surface area (Å²) < 4.78 is 16.6. The smallest absolute Gasteiger partial charge is 0.118 e. The topological polar surface area (TPSA) is 27.7 Å². The molecule has 3 heteroatoms. The van der Waals surface area contributed by atoms with Crippen LogP contribution < -0.4 is 4.74 Å². The first-order chi connectivity index (χ1) is 7.88. The van der Waals surface area contributed by atoms with Crippen molar-refractivity contribution in [3.8, 4) is 5.75 Å². The first-order valence-electron chi connectivity index (χ1n) is 5.75. The van der Waals surface area contributed by atoms with E-state index in [1.54, 1.807) is 7.11 Å². The van der Waals surface area contributed by atoms with E-state index < -0.39 is 0 Å². The van der Waals surface area contributed by atoms with Crippen molar-refractivity contribution < 1.29 is 14.2 Å². The Morgan fingerprint density at radius 2 is 2.00 bits per heavy atom. The van der Waals surface area contributed by atoms with E-state index in [0.29, 0.717) is 12.0 Å². The van der Waals surface area contributed by atoms with Crippen molar-refractivity contribution in [1.29, 1.82) is 0 Å². The van der Waals surface area contributed by atoms with Crippen LogP contribution >= 0.6 is 0 Å². The summed E-state index contributed by atoms with van der Waals surface area (Å²) in [5.41, 5.74) is 1.29. The van der Waals surface area contributed by atoms with Gasteiger partial charge in [0.1, 0.15) is 5.75 Å². The van der Waals surface area contributed by atoms with Gasteiger partial charge >= 0.3 is 0 Å². The van der Waals surface area contributed by atoms with Gasteiger partial charge in [0.15, 0.2) is 0 Å². The maximum atomic E-state index is 5.74. The summed E-state index contributed by atoms with van der Waals surface area (Å²) in [4.78, 5) is 0. The molecule has 2 fully saturated rings. The first kappa shape index (κ1) is 10.1. The van der Waals surface area contributed by atoms with E-state index in [4.69, 9.17) is 14.2 Å². The van der Waals surface area contributed by atoms with Gasteiger partial charge in [0, 0.05) is 12.5 Å². The molecular formula is C13H16O3. The molecule has 2 aliphatic heterocycles. The quantitative estimate of drug-likeness (QED) is 0.762. The van der Waals surface area contributed by atoms with Crippen LogP contribution in [0.4, 0.5) is 0 Å². The van der Waals surface area contributed by atoms with Gasteiger partial charge in [-0.2, -0.15) is 0 Å². The van der Waals surface area contributed by atoms with Gasteiger partial charge in [-0.15, -0.1) is 0 Å². The molecule has 0 aromatic heterocycles. The van der Waals surface area contributed by atoms with Crippen LogP contribution in [-0.4, -0.2) is 32.5 Å².